The maximum atomic E-state index is 11.9. The third kappa shape index (κ3) is 5.32. The van der Waals surface area contributed by atoms with E-state index in [1.165, 1.54) is 7.11 Å². The van der Waals surface area contributed by atoms with Gasteiger partial charge in [0.25, 0.3) is 0 Å². The molecular weight excluding hydrogens is 258 g/mol. The van der Waals surface area contributed by atoms with Crippen LogP contribution in [0.15, 0.2) is 0 Å². The monoisotopic (exact) mass is 279 g/mol. The van der Waals surface area contributed by atoms with E-state index in [0.717, 1.165) is 12.8 Å². The number of sulfonamides is 1. The van der Waals surface area contributed by atoms with E-state index in [9.17, 15) is 13.2 Å². The molecule has 0 aromatic heterocycles. The zero-order valence-electron chi connectivity index (χ0n) is 10.9. The molecule has 18 heavy (non-hydrogen) atoms. The Morgan fingerprint density at radius 2 is 2.22 bits per heavy atom. The molecule has 1 rings (SSSR count). The summed E-state index contributed by atoms with van der Waals surface area (Å²) in [6.07, 6.45) is 1.99. The first-order valence-electron chi connectivity index (χ1n) is 6.03. The number of methoxy groups -OCH3 is 1. The van der Waals surface area contributed by atoms with Crippen LogP contribution in [0.2, 0.25) is 0 Å². The van der Waals surface area contributed by atoms with E-state index in [1.807, 2.05) is 6.92 Å². The molecule has 1 aliphatic rings. The summed E-state index contributed by atoms with van der Waals surface area (Å²) in [5.41, 5.74) is -0.525. The summed E-state index contributed by atoms with van der Waals surface area (Å²) in [4.78, 5) is 10.9. The first-order valence-corrected chi connectivity index (χ1v) is 7.68. The van der Waals surface area contributed by atoms with Crippen molar-refractivity contribution in [3.63, 3.8) is 0 Å². The van der Waals surface area contributed by atoms with Crippen LogP contribution < -0.4 is 4.72 Å². The molecule has 0 saturated carbocycles. The van der Waals surface area contributed by atoms with Gasteiger partial charge in [-0.25, -0.2) is 13.1 Å². The van der Waals surface area contributed by atoms with Crippen LogP contribution in [0.5, 0.6) is 0 Å². The van der Waals surface area contributed by atoms with Gasteiger partial charge >= 0.3 is 5.97 Å². The number of rotatable bonds is 6. The fraction of sp³-hybridized carbons (Fsp3) is 0.909. The highest BCUT2D eigenvalue weighted by atomic mass is 32.2. The SMILES string of the molecule is COC(=O)CCCS(=O)(=O)NC1(C)CCCOC1. The maximum absolute atomic E-state index is 11.9. The quantitative estimate of drug-likeness (QED) is 0.713. The van der Waals surface area contributed by atoms with Gasteiger partial charge in [0.05, 0.1) is 25.0 Å². The summed E-state index contributed by atoms with van der Waals surface area (Å²) in [5, 5.41) is 0. The van der Waals surface area contributed by atoms with Crippen molar-refractivity contribution in [3.8, 4) is 0 Å². The zero-order valence-corrected chi connectivity index (χ0v) is 11.7. The number of hydrogen-bond donors (Lipinski definition) is 1. The van der Waals surface area contributed by atoms with Crippen LogP contribution in [0.1, 0.15) is 32.6 Å². The van der Waals surface area contributed by atoms with Crippen LogP contribution in [-0.2, 0) is 24.3 Å². The van der Waals surface area contributed by atoms with Gasteiger partial charge in [-0.2, -0.15) is 0 Å². The Morgan fingerprint density at radius 1 is 1.50 bits per heavy atom. The molecule has 1 aliphatic heterocycles. The molecule has 0 aromatic carbocycles. The van der Waals surface area contributed by atoms with E-state index in [2.05, 4.69) is 9.46 Å². The molecule has 1 N–H and O–H groups in total. The Hall–Kier alpha value is -0.660. The maximum Gasteiger partial charge on any atom is 0.305 e. The first-order chi connectivity index (χ1) is 8.37. The lowest BCUT2D eigenvalue weighted by Gasteiger charge is -2.33. The molecule has 0 aromatic rings. The predicted octanol–water partition coefficient (Wildman–Crippen LogP) is 0.428. The smallest absolute Gasteiger partial charge is 0.305 e. The molecule has 0 spiro atoms. The number of nitrogens with one attached hydrogen (secondary N) is 1. The van der Waals surface area contributed by atoms with Crippen molar-refractivity contribution in [2.45, 2.75) is 38.1 Å². The van der Waals surface area contributed by atoms with Gasteiger partial charge in [-0.3, -0.25) is 4.79 Å². The number of carbonyl (C=O) groups excluding carboxylic acids is 1. The van der Waals surface area contributed by atoms with Crippen molar-refractivity contribution in [2.24, 2.45) is 0 Å². The Morgan fingerprint density at radius 3 is 2.78 bits per heavy atom. The second-order valence-electron chi connectivity index (χ2n) is 4.82. The fourth-order valence-corrected chi connectivity index (χ4v) is 3.49. The molecule has 106 valence electrons. The van der Waals surface area contributed by atoms with Gasteiger partial charge in [0.1, 0.15) is 0 Å². The van der Waals surface area contributed by atoms with Crippen molar-refractivity contribution < 1.29 is 22.7 Å². The third-order valence-electron chi connectivity index (χ3n) is 2.86. The molecule has 1 fully saturated rings. The normalized spacial score (nSPS) is 24.8. The number of esters is 1. The van der Waals surface area contributed by atoms with Crippen molar-refractivity contribution in [3.05, 3.63) is 0 Å². The molecule has 0 aliphatic carbocycles. The highest BCUT2D eigenvalue weighted by Gasteiger charge is 2.31. The lowest BCUT2D eigenvalue weighted by atomic mass is 9.97. The van der Waals surface area contributed by atoms with Gasteiger partial charge in [-0.1, -0.05) is 0 Å². The van der Waals surface area contributed by atoms with E-state index < -0.39 is 21.5 Å². The van der Waals surface area contributed by atoms with Crippen LogP contribution in [0, 0.1) is 0 Å². The Bertz CT molecular complexity index is 373. The minimum Gasteiger partial charge on any atom is -0.469 e. The van der Waals surface area contributed by atoms with Gasteiger partial charge in [0.15, 0.2) is 0 Å². The number of carbonyl (C=O) groups is 1. The summed E-state index contributed by atoms with van der Waals surface area (Å²) < 4.78 is 36.1. The zero-order chi connectivity index (χ0) is 13.6. The average molecular weight is 279 g/mol. The summed E-state index contributed by atoms with van der Waals surface area (Å²) in [5.74, 6) is -0.463. The van der Waals surface area contributed by atoms with E-state index in [1.54, 1.807) is 0 Å². The summed E-state index contributed by atoms with van der Waals surface area (Å²) >= 11 is 0. The summed E-state index contributed by atoms with van der Waals surface area (Å²) in [7, 11) is -2.09. The average Bonchev–Trinajstić information content (AvgIpc) is 2.27. The number of ether oxygens (including phenoxy) is 2. The molecule has 1 atom stereocenters. The molecule has 7 heteroatoms. The minimum atomic E-state index is -3.38. The predicted molar refractivity (Wildman–Crippen MR) is 66.6 cm³/mol. The Balaban J connectivity index is 2.41. The third-order valence-corrected chi connectivity index (χ3v) is 4.49. The lowest BCUT2D eigenvalue weighted by molar-refractivity contribution is -0.140. The fourth-order valence-electron chi connectivity index (χ4n) is 1.95. The Kier molecular flexibility index (Phi) is 5.55. The largest absolute Gasteiger partial charge is 0.469 e. The first kappa shape index (κ1) is 15.4. The summed E-state index contributed by atoms with van der Waals surface area (Å²) in [6.45, 7) is 2.91. The molecule has 1 unspecified atom stereocenters. The van der Waals surface area contributed by atoms with Crippen molar-refractivity contribution >= 4 is 16.0 Å². The van der Waals surface area contributed by atoms with Gasteiger partial charge < -0.3 is 9.47 Å². The van der Waals surface area contributed by atoms with Crippen LogP contribution in [0.4, 0.5) is 0 Å². The van der Waals surface area contributed by atoms with E-state index in [0.29, 0.717) is 13.2 Å². The second-order valence-corrected chi connectivity index (χ2v) is 6.66. The Labute approximate surface area is 108 Å². The molecule has 6 nitrogen and oxygen atoms in total. The highest BCUT2D eigenvalue weighted by Crippen LogP contribution is 2.19. The van der Waals surface area contributed by atoms with Crippen molar-refractivity contribution in [2.75, 3.05) is 26.1 Å². The lowest BCUT2D eigenvalue weighted by Crippen LogP contribution is -2.52. The minimum absolute atomic E-state index is 0.0717. The highest BCUT2D eigenvalue weighted by molar-refractivity contribution is 7.89. The van der Waals surface area contributed by atoms with Gasteiger partial charge in [-0.05, 0) is 26.2 Å². The van der Waals surface area contributed by atoms with E-state index in [-0.39, 0.29) is 18.6 Å². The van der Waals surface area contributed by atoms with Crippen LogP contribution >= 0.6 is 0 Å². The molecule has 1 heterocycles. The van der Waals surface area contributed by atoms with E-state index in [4.69, 9.17) is 4.74 Å². The topological polar surface area (TPSA) is 81.7 Å². The van der Waals surface area contributed by atoms with Crippen LogP contribution in [0.25, 0.3) is 0 Å². The molecule has 0 amide bonds. The van der Waals surface area contributed by atoms with Gasteiger partial charge in [0, 0.05) is 13.0 Å². The van der Waals surface area contributed by atoms with Crippen molar-refractivity contribution in [1.82, 2.24) is 4.72 Å². The molecule has 1 saturated heterocycles. The second kappa shape index (κ2) is 6.49. The number of hydrogen-bond acceptors (Lipinski definition) is 5. The molecular formula is C11H21NO5S. The summed E-state index contributed by atoms with van der Waals surface area (Å²) in [6, 6.07) is 0. The van der Waals surface area contributed by atoms with Gasteiger partial charge in [0.2, 0.25) is 10.0 Å². The van der Waals surface area contributed by atoms with Gasteiger partial charge in [-0.15, -0.1) is 0 Å². The van der Waals surface area contributed by atoms with Crippen molar-refractivity contribution in [1.29, 1.82) is 0 Å². The van der Waals surface area contributed by atoms with E-state index >= 15 is 0 Å². The van der Waals surface area contributed by atoms with Crippen LogP contribution in [-0.4, -0.2) is 46.0 Å². The molecule has 0 radical (unpaired) electrons. The molecule has 0 bridgehead atoms. The van der Waals surface area contributed by atoms with Crippen LogP contribution in [0.3, 0.4) is 0 Å². The standard InChI is InChI=1S/C11H21NO5S/c1-11(6-4-7-17-9-11)12-18(14,15)8-3-5-10(13)16-2/h12H,3-9H2,1-2H3.